The van der Waals surface area contributed by atoms with E-state index in [2.05, 4.69) is 10.6 Å². The highest BCUT2D eigenvalue weighted by Gasteiger charge is 2.63. The van der Waals surface area contributed by atoms with Crippen molar-refractivity contribution in [3.63, 3.8) is 0 Å². The number of carbonyl (C=O) groups excluding carboxylic acids is 1. The number of aliphatic hydroxyl groups is 3. The summed E-state index contributed by atoms with van der Waals surface area (Å²) in [6.45, 7) is 1.70. The maximum absolute atomic E-state index is 12.2. The van der Waals surface area contributed by atoms with E-state index in [-0.39, 0.29) is 24.3 Å². The third kappa shape index (κ3) is 3.44. The molecule has 7 N–H and O–H groups in total. The van der Waals surface area contributed by atoms with Crippen LogP contribution in [-0.2, 0) is 19.0 Å². The van der Waals surface area contributed by atoms with E-state index in [0.29, 0.717) is 0 Å². The summed E-state index contributed by atoms with van der Waals surface area (Å²) in [7, 11) is 3.24. The van der Waals surface area contributed by atoms with Crippen molar-refractivity contribution >= 4 is 18.2 Å². The summed E-state index contributed by atoms with van der Waals surface area (Å²) >= 11 is 0. The predicted octanol–water partition coefficient (Wildman–Crippen LogP) is -3.33. The fourth-order valence-corrected chi connectivity index (χ4v) is 3.68. The standard InChI is InChI=1S/C14H24N2O7.ClH.H2O/c1-5-4-6(17)14(20)13(21-5)22-12-10(19)7(15-2)9(18)8(16-3)11(12)23-14;;/h5,7-13,15-16,18-20H,4H2,1-3H3;1H;1H2/t5-,7-,8+,9+,10+,11-,12-,13+,14?;;/m1../s1. The molecule has 0 aromatic heterocycles. The number of ketones is 1. The van der Waals surface area contributed by atoms with E-state index in [1.165, 1.54) is 0 Å². The van der Waals surface area contributed by atoms with Crippen molar-refractivity contribution in [2.45, 2.75) is 68.0 Å². The van der Waals surface area contributed by atoms with Crippen LogP contribution in [0.5, 0.6) is 0 Å². The predicted molar refractivity (Wildman–Crippen MR) is 87.2 cm³/mol. The summed E-state index contributed by atoms with van der Waals surface area (Å²) in [4.78, 5) is 12.2. The molecule has 11 heteroatoms. The lowest BCUT2D eigenvalue weighted by atomic mass is 9.80. The molecule has 1 unspecified atom stereocenters. The number of aliphatic hydroxyl groups excluding tert-OH is 2. The van der Waals surface area contributed by atoms with Crippen LogP contribution in [0.1, 0.15) is 13.3 Å². The minimum Gasteiger partial charge on any atom is -0.412 e. The average Bonchev–Trinajstić information content (AvgIpc) is 2.49. The van der Waals surface area contributed by atoms with Crippen LogP contribution in [0.25, 0.3) is 0 Å². The Morgan fingerprint density at radius 3 is 2.24 bits per heavy atom. The Morgan fingerprint density at radius 1 is 1.08 bits per heavy atom. The molecule has 10 nitrogen and oxygen atoms in total. The minimum absolute atomic E-state index is 0. The number of ether oxygens (including phenoxy) is 3. The molecule has 0 radical (unpaired) electrons. The maximum Gasteiger partial charge on any atom is 0.280 e. The molecule has 0 amide bonds. The number of Topliss-reactive ketones (excluding diaryl/α,β-unsaturated/α-hetero) is 1. The molecule has 3 fully saturated rings. The number of halogens is 1. The summed E-state index contributed by atoms with van der Waals surface area (Å²) in [6.07, 6.45) is -5.58. The van der Waals surface area contributed by atoms with E-state index in [4.69, 9.17) is 14.2 Å². The van der Waals surface area contributed by atoms with Crippen LogP contribution >= 0.6 is 12.4 Å². The lowest BCUT2D eigenvalue weighted by Crippen LogP contribution is -2.77. The fourth-order valence-electron chi connectivity index (χ4n) is 3.68. The van der Waals surface area contributed by atoms with E-state index in [9.17, 15) is 20.1 Å². The number of nitrogens with one attached hydrogen (secondary N) is 2. The van der Waals surface area contributed by atoms with Gasteiger partial charge in [-0.2, -0.15) is 0 Å². The van der Waals surface area contributed by atoms with E-state index in [1.54, 1.807) is 21.0 Å². The Labute approximate surface area is 151 Å². The third-order valence-electron chi connectivity index (χ3n) is 4.93. The number of likely N-dealkylation sites (N-methyl/N-ethyl adjacent to an activating group) is 2. The van der Waals surface area contributed by atoms with E-state index < -0.39 is 60.5 Å². The molecule has 2 heterocycles. The van der Waals surface area contributed by atoms with Crippen molar-refractivity contribution in [3.8, 4) is 0 Å². The van der Waals surface area contributed by atoms with Crippen LogP contribution in [0.3, 0.4) is 0 Å². The molecule has 1 saturated carbocycles. The second kappa shape index (κ2) is 8.09. The zero-order chi connectivity index (χ0) is 16.9. The van der Waals surface area contributed by atoms with E-state index >= 15 is 0 Å². The molecule has 1 aliphatic carbocycles. The van der Waals surface area contributed by atoms with Crippen LogP contribution in [0, 0.1) is 0 Å². The molecule has 0 spiro atoms. The Kier molecular flexibility index (Phi) is 7.33. The maximum atomic E-state index is 12.2. The summed E-state index contributed by atoms with van der Waals surface area (Å²) in [6, 6.07) is -1.29. The lowest BCUT2D eigenvalue weighted by molar-refractivity contribution is -0.420. The summed E-state index contributed by atoms with van der Waals surface area (Å²) in [5.41, 5.74) is 0. The largest absolute Gasteiger partial charge is 0.412 e. The van der Waals surface area contributed by atoms with Crippen molar-refractivity contribution in [2.75, 3.05) is 14.1 Å². The van der Waals surface area contributed by atoms with Gasteiger partial charge in [0.25, 0.3) is 5.79 Å². The van der Waals surface area contributed by atoms with Gasteiger partial charge in [0, 0.05) is 6.42 Å². The van der Waals surface area contributed by atoms with Gasteiger partial charge in [0.05, 0.1) is 24.3 Å². The normalized spacial score (nSPS) is 49.3. The fraction of sp³-hybridized carbons (Fsp3) is 0.929. The SMILES string of the molecule is CN[C@@H]1[C@H](O)[C@H](NC)[C@H]2OC3(O)C(=O)C[C@@H](C)O[C@H]3O[C@@H]2[C@H]1O.Cl.O. The average molecular weight is 387 g/mol. The smallest absolute Gasteiger partial charge is 0.280 e. The van der Waals surface area contributed by atoms with Gasteiger partial charge in [-0.25, -0.2) is 0 Å². The zero-order valence-electron chi connectivity index (χ0n) is 14.2. The molecule has 9 atom stereocenters. The second-order valence-electron chi connectivity index (χ2n) is 6.40. The van der Waals surface area contributed by atoms with Crippen molar-refractivity contribution in [1.82, 2.24) is 10.6 Å². The molecular weight excluding hydrogens is 360 g/mol. The van der Waals surface area contributed by atoms with Crippen molar-refractivity contribution in [1.29, 1.82) is 0 Å². The number of hydrogen-bond donors (Lipinski definition) is 5. The minimum atomic E-state index is -2.23. The quantitative estimate of drug-likeness (QED) is 0.327. The number of hydrogen-bond acceptors (Lipinski definition) is 9. The van der Waals surface area contributed by atoms with Gasteiger partial charge in [0.2, 0.25) is 6.29 Å². The molecule has 0 bridgehead atoms. The molecule has 0 aromatic carbocycles. The first kappa shape index (κ1) is 22.6. The van der Waals surface area contributed by atoms with Gasteiger partial charge in [0.15, 0.2) is 5.78 Å². The van der Waals surface area contributed by atoms with E-state index in [0.717, 1.165) is 0 Å². The van der Waals surface area contributed by atoms with Crippen LogP contribution in [-0.4, -0.2) is 95.4 Å². The van der Waals surface area contributed by atoms with Gasteiger partial charge >= 0.3 is 0 Å². The van der Waals surface area contributed by atoms with Crippen LogP contribution in [0.4, 0.5) is 0 Å². The Hall–Kier alpha value is -0.400. The highest BCUT2D eigenvalue weighted by atomic mass is 35.5. The molecule has 2 aliphatic heterocycles. The molecule has 3 rings (SSSR count). The number of carbonyl (C=O) groups is 1. The topological polar surface area (TPSA) is 161 Å². The Morgan fingerprint density at radius 2 is 1.68 bits per heavy atom. The summed E-state index contributed by atoms with van der Waals surface area (Å²) in [5, 5.41) is 37.2. The van der Waals surface area contributed by atoms with Crippen LogP contribution in [0.15, 0.2) is 0 Å². The first-order valence-electron chi connectivity index (χ1n) is 7.78. The monoisotopic (exact) mass is 386 g/mol. The number of rotatable bonds is 2. The first-order valence-corrected chi connectivity index (χ1v) is 7.78. The van der Waals surface area contributed by atoms with E-state index in [1.807, 2.05) is 0 Å². The van der Waals surface area contributed by atoms with Crippen LogP contribution in [0.2, 0.25) is 0 Å². The second-order valence-corrected chi connectivity index (χ2v) is 6.40. The van der Waals surface area contributed by atoms with Gasteiger partial charge < -0.3 is 45.6 Å². The lowest BCUT2D eigenvalue weighted by Gasteiger charge is -2.55. The highest BCUT2D eigenvalue weighted by molar-refractivity contribution is 5.87. The zero-order valence-corrected chi connectivity index (χ0v) is 15.0. The molecule has 3 aliphatic rings. The van der Waals surface area contributed by atoms with Crippen molar-refractivity contribution < 1.29 is 39.8 Å². The molecule has 0 aromatic rings. The summed E-state index contributed by atoms with van der Waals surface area (Å²) in [5.74, 6) is -2.76. The van der Waals surface area contributed by atoms with Crippen molar-refractivity contribution in [3.05, 3.63) is 0 Å². The third-order valence-corrected chi connectivity index (χ3v) is 4.93. The molecule has 25 heavy (non-hydrogen) atoms. The van der Waals surface area contributed by atoms with Gasteiger partial charge in [-0.05, 0) is 21.0 Å². The van der Waals surface area contributed by atoms with Crippen LogP contribution < -0.4 is 10.6 Å². The van der Waals surface area contributed by atoms with Gasteiger partial charge in [-0.1, -0.05) is 0 Å². The van der Waals surface area contributed by atoms with Gasteiger partial charge in [-0.15, -0.1) is 12.4 Å². The van der Waals surface area contributed by atoms with Gasteiger partial charge in [-0.3, -0.25) is 4.79 Å². The Balaban J connectivity index is 0.00000156. The highest BCUT2D eigenvalue weighted by Crippen LogP contribution is 2.40. The van der Waals surface area contributed by atoms with Gasteiger partial charge in [0.1, 0.15) is 18.3 Å². The first-order chi connectivity index (χ1) is 10.8. The number of fused-ring (bicyclic) bond motifs is 2. The summed E-state index contributed by atoms with van der Waals surface area (Å²) < 4.78 is 16.8. The Bertz CT molecular complexity index is 486. The van der Waals surface area contributed by atoms with Crippen molar-refractivity contribution in [2.24, 2.45) is 0 Å². The molecular formula is C14H27ClN2O8. The molecule has 148 valence electrons. The molecule has 2 saturated heterocycles.